The standard InChI is InChI=1S/C17H26ClNO2/c1-4-16(5-2)19(12-13-21-3)11-10-17(20)14-6-8-15(18)9-7-14/h6-9,16H,4-5,10-13H2,1-3H3. The van der Waals surface area contributed by atoms with Crippen molar-refractivity contribution >= 4 is 17.4 Å². The first-order valence-electron chi connectivity index (χ1n) is 7.64. The second-order valence-corrected chi connectivity index (χ2v) is 5.62. The Bertz CT molecular complexity index is 415. The predicted molar refractivity (Wildman–Crippen MR) is 88.2 cm³/mol. The van der Waals surface area contributed by atoms with Crippen molar-refractivity contribution in [3.05, 3.63) is 34.9 Å². The zero-order valence-electron chi connectivity index (χ0n) is 13.3. The molecule has 0 spiro atoms. The molecule has 4 heteroatoms. The Hall–Kier alpha value is -0.900. The van der Waals surface area contributed by atoms with Crippen LogP contribution in [0.5, 0.6) is 0 Å². The highest BCUT2D eigenvalue weighted by atomic mass is 35.5. The molecule has 0 aliphatic rings. The lowest BCUT2D eigenvalue weighted by Gasteiger charge is -2.30. The number of hydrogen-bond donors (Lipinski definition) is 0. The van der Waals surface area contributed by atoms with Crippen molar-refractivity contribution in [2.24, 2.45) is 0 Å². The van der Waals surface area contributed by atoms with E-state index in [0.29, 0.717) is 24.1 Å². The van der Waals surface area contributed by atoms with Crippen LogP contribution >= 0.6 is 11.6 Å². The van der Waals surface area contributed by atoms with E-state index in [2.05, 4.69) is 18.7 Å². The van der Waals surface area contributed by atoms with Gasteiger partial charge >= 0.3 is 0 Å². The molecular weight excluding hydrogens is 286 g/mol. The average Bonchev–Trinajstić information content (AvgIpc) is 2.50. The van der Waals surface area contributed by atoms with Crippen LogP contribution in [0.25, 0.3) is 0 Å². The van der Waals surface area contributed by atoms with Gasteiger partial charge in [0.1, 0.15) is 0 Å². The molecule has 0 unspecified atom stereocenters. The molecule has 0 fully saturated rings. The first-order valence-corrected chi connectivity index (χ1v) is 8.01. The van der Waals surface area contributed by atoms with Gasteiger partial charge in [0.15, 0.2) is 5.78 Å². The van der Waals surface area contributed by atoms with Crippen molar-refractivity contribution in [3.63, 3.8) is 0 Å². The first kappa shape index (κ1) is 18.1. The molecule has 118 valence electrons. The number of Topliss-reactive ketones (excluding diaryl/α,β-unsaturated/α-hetero) is 1. The molecule has 0 heterocycles. The van der Waals surface area contributed by atoms with Crippen molar-refractivity contribution in [1.29, 1.82) is 0 Å². The molecule has 0 saturated carbocycles. The van der Waals surface area contributed by atoms with Crippen molar-refractivity contribution in [2.45, 2.75) is 39.2 Å². The summed E-state index contributed by atoms with van der Waals surface area (Å²) in [5.41, 5.74) is 0.732. The molecule has 1 aromatic rings. The molecule has 0 N–H and O–H groups in total. The number of rotatable bonds is 10. The van der Waals surface area contributed by atoms with Gasteiger partial charge in [0, 0.05) is 43.2 Å². The van der Waals surface area contributed by atoms with E-state index in [1.807, 2.05) is 0 Å². The minimum atomic E-state index is 0.167. The average molecular weight is 312 g/mol. The minimum Gasteiger partial charge on any atom is -0.383 e. The molecule has 0 aromatic heterocycles. The summed E-state index contributed by atoms with van der Waals surface area (Å²) >= 11 is 5.85. The Balaban J connectivity index is 2.58. The Morgan fingerprint density at radius 3 is 2.33 bits per heavy atom. The van der Waals surface area contributed by atoms with Gasteiger partial charge < -0.3 is 4.74 Å². The summed E-state index contributed by atoms with van der Waals surface area (Å²) in [5, 5.41) is 0.658. The van der Waals surface area contributed by atoms with E-state index in [9.17, 15) is 4.79 Å². The molecule has 0 bridgehead atoms. The van der Waals surface area contributed by atoms with Gasteiger partial charge in [0.05, 0.1) is 6.61 Å². The third kappa shape index (κ3) is 6.16. The van der Waals surface area contributed by atoms with Crippen LogP contribution in [-0.4, -0.2) is 43.5 Å². The summed E-state index contributed by atoms with van der Waals surface area (Å²) in [4.78, 5) is 14.6. The third-order valence-corrected chi connectivity index (χ3v) is 4.09. The molecule has 1 aromatic carbocycles. The van der Waals surface area contributed by atoms with E-state index < -0.39 is 0 Å². The Morgan fingerprint density at radius 2 is 1.81 bits per heavy atom. The largest absolute Gasteiger partial charge is 0.383 e. The van der Waals surface area contributed by atoms with Gasteiger partial charge in [-0.25, -0.2) is 0 Å². The van der Waals surface area contributed by atoms with E-state index in [4.69, 9.17) is 16.3 Å². The second kappa shape index (κ2) is 9.93. The molecule has 0 radical (unpaired) electrons. The number of ether oxygens (including phenoxy) is 1. The van der Waals surface area contributed by atoms with Crippen LogP contribution in [-0.2, 0) is 4.74 Å². The second-order valence-electron chi connectivity index (χ2n) is 5.18. The third-order valence-electron chi connectivity index (χ3n) is 3.83. The SMILES string of the molecule is CCC(CC)N(CCOC)CCC(=O)c1ccc(Cl)cc1. The van der Waals surface area contributed by atoms with Crippen LogP contribution in [0.1, 0.15) is 43.5 Å². The van der Waals surface area contributed by atoms with Gasteiger partial charge in [-0.05, 0) is 37.1 Å². The summed E-state index contributed by atoms with van der Waals surface area (Å²) in [6.07, 6.45) is 2.71. The van der Waals surface area contributed by atoms with E-state index in [0.717, 1.165) is 31.5 Å². The van der Waals surface area contributed by atoms with Crippen molar-refractivity contribution in [2.75, 3.05) is 26.8 Å². The zero-order chi connectivity index (χ0) is 15.7. The number of nitrogens with zero attached hydrogens (tertiary/aromatic N) is 1. The van der Waals surface area contributed by atoms with Crippen LogP contribution in [0.3, 0.4) is 0 Å². The lowest BCUT2D eigenvalue weighted by atomic mass is 10.1. The number of hydrogen-bond acceptors (Lipinski definition) is 3. The summed E-state index contributed by atoms with van der Waals surface area (Å²) < 4.78 is 5.17. The van der Waals surface area contributed by atoms with Crippen molar-refractivity contribution < 1.29 is 9.53 Å². The number of ketones is 1. The Morgan fingerprint density at radius 1 is 1.19 bits per heavy atom. The fourth-order valence-electron chi connectivity index (χ4n) is 2.52. The fourth-order valence-corrected chi connectivity index (χ4v) is 2.64. The number of benzene rings is 1. The highest BCUT2D eigenvalue weighted by molar-refractivity contribution is 6.30. The quantitative estimate of drug-likeness (QED) is 0.611. The topological polar surface area (TPSA) is 29.5 Å². The van der Waals surface area contributed by atoms with E-state index in [1.54, 1.807) is 31.4 Å². The lowest BCUT2D eigenvalue weighted by molar-refractivity contribution is 0.0898. The zero-order valence-corrected chi connectivity index (χ0v) is 14.0. The van der Waals surface area contributed by atoms with Crippen molar-refractivity contribution in [1.82, 2.24) is 4.90 Å². The normalized spacial score (nSPS) is 11.3. The molecular formula is C17H26ClNO2. The van der Waals surface area contributed by atoms with Gasteiger partial charge in [-0.3, -0.25) is 9.69 Å². The molecule has 1 rings (SSSR count). The first-order chi connectivity index (χ1) is 10.1. The molecule has 0 atom stereocenters. The maximum atomic E-state index is 12.2. The van der Waals surface area contributed by atoms with Gasteiger partial charge in [-0.1, -0.05) is 25.4 Å². The number of halogens is 1. The summed E-state index contributed by atoms with van der Waals surface area (Å²) in [5.74, 6) is 0.167. The van der Waals surface area contributed by atoms with E-state index in [-0.39, 0.29) is 5.78 Å². The summed E-state index contributed by atoms with van der Waals surface area (Å²) in [6.45, 7) is 6.73. The van der Waals surface area contributed by atoms with E-state index >= 15 is 0 Å². The Kier molecular flexibility index (Phi) is 8.58. The minimum absolute atomic E-state index is 0.167. The molecule has 0 saturated heterocycles. The highest BCUT2D eigenvalue weighted by Crippen LogP contribution is 2.13. The molecule has 0 aliphatic heterocycles. The lowest BCUT2D eigenvalue weighted by Crippen LogP contribution is -2.38. The summed E-state index contributed by atoms with van der Waals surface area (Å²) in [7, 11) is 1.71. The highest BCUT2D eigenvalue weighted by Gasteiger charge is 2.16. The number of carbonyl (C=O) groups is 1. The molecule has 3 nitrogen and oxygen atoms in total. The number of methoxy groups -OCH3 is 1. The van der Waals surface area contributed by atoms with Crippen LogP contribution in [0.4, 0.5) is 0 Å². The smallest absolute Gasteiger partial charge is 0.164 e. The number of carbonyl (C=O) groups excluding carboxylic acids is 1. The van der Waals surface area contributed by atoms with Crippen LogP contribution in [0.2, 0.25) is 5.02 Å². The van der Waals surface area contributed by atoms with E-state index in [1.165, 1.54) is 0 Å². The fraction of sp³-hybridized carbons (Fsp3) is 0.588. The maximum Gasteiger partial charge on any atom is 0.164 e. The molecule has 0 amide bonds. The van der Waals surface area contributed by atoms with Gasteiger partial charge in [0.25, 0.3) is 0 Å². The molecule has 0 aliphatic carbocycles. The van der Waals surface area contributed by atoms with Gasteiger partial charge in [-0.2, -0.15) is 0 Å². The Labute approximate surface area is 133 Å². The van der Waals surface area contributed by atoms with Crippen molar-refractivity contribution in [3.8, 4) is 0 Å². The van der Waals surface area contributed by atoms with Crippen LogP contribution in [0.15, 0.2) is 24.3 Å². The monoisotopic (exact) mass is 311 g/mol. The van der Waals surface area contributed by atoms with Crippen LogP contribution < -0.4 is 0 Å². The summed E-state index contributed by atoms with van der Waals surface area (Å²) in [6, 6.07) is 7.62. The van der Waals surface area contributed by atoms with Gasteiger partial charge in [-0.15, -0.1) is 0 Å². The molecule has 21 heavy (non-hydrogen) atoms. The predicted octanol–water partition coefficient (Wildman–Crippen LogP) is 4.05. The maximum absolute atomic E-state index is 12.2. The van der Waals surface area contributed by atoms with Gasteiger partial charge in [0.2, 0.25) is 0 Å². The van der Waals surface area contributed by atoms with Crippen LogP contribution in [0, 0.1) is 0 Å².